The molecule has 8 nitrogen and oxygen atoms in total. The Morgan fingerprint density at radius 3 is 2.46 bits per heavy atom. The second-order valence-electron chi connectivity index (χ2n) is 5.39. The highest BCUT2D eigenvalue weighted by atomic mass is 79.9. The van der Waals surface area contributed by atoms with Crippen LogP contribution in [-0.2, 0) is 0 Å². The Kier molecular flexibility index (Phi) is 4.99. The molecular formula is C17H14BrN5O3. The molecule has 2 heterocycles. The molecule has 132 valence electrons. The van der Waals surface area contributed by atoms with Crippen LogP contribution in [0.3, 0.4) is 0 Å². The summed E-state index contributed by atoms with van der Waals surface area (Å²) in [6.07, 6.45) is 1.58. The number of nitrogens with one attached hydrogen (secondary N) is 3. The van der Waals surface area contributed by atoms with Crippen molar-refractivity contribution < 1.29 is 9.59 Å². The van der Waals surface area contributed by atoms with E-state index in [2.05, 4.69) is 36.9 Å². The van der Waals surface area contributed by atoms with Crippen LogP contribution in [-0.4, -0.2) is 26.6 Å². The van der Waals surface area contributed by atoms with Crippen molar-refractivity contribution in [2.45, 2.75) is 6.92 Å². The number of carbonyl (C=O) groups is 2. The number of benzene rings is 1. The molecular weight excluding hydrogens is 402 g/mol. The van der Waals surface area contributed by atoms with E-state index < -0.39 is 17.2 Å². The third-order valence-electron chi connectivity index (χ3n) is 3.51. The van der Waals surface area contributed by atoms with Gasteiger partial charge < -0.3 is 4.98 Å². The molecule has 0 bridgehead atoms. The van der Waals surface area contributed by atoms with Gasteiger partial charge >= 0.3 is 0 Å². The molecule has 0 aliphatic carbocycles. The quantitative estimate of drug-likeness (QED) is 0.565. The average Bonchev–Trinajstić information content (AvgIpc) is 3.07. The normalized spacial score (nSPS) is 10.4. The fourth-order valence-corrected chi connectivity index (χ4v) is 2.62. The first kappa shape index (κ1) is 17.6. The van der Waals surface area contributed by atoms with Crippen LogP contribution in [0.25, 0.3) is 5.69 Å². The maximum atomic E-state index is 12.3. The van der Waals surface area contributed by atoms with Crippen molar-refractivity contribution in [2.75, 3.05) is 0 Å². The van der Waals surface area contributed by atoms with E-state index in [0.717, 1.165) is 0 Å². The number of aryl methyl sites for hydroxylation is 1. The molecule has 0 radical (unpaired) electrons. The van der Waals surface area contributed by atoms with Gasteiger partial charge in [-0.05, 0) is 41.1 Å². The Balaban J connectivity index is 1.81. The zero-order valence-corrected chi connectivity index (χ0v) is 15.2. The number of amides is 2. The van der Waals surface area contributed by atoms with Crippen molar-refractivity contribution in [2.24, 2.45) is 0 Å². The minimum absolute atomic E-state index is 0.246. The number of hydrogen-bond donors (Lipinski definition) is 3. The molecule has 2 aromatic heterocycles. The third-order valence-corrected chi connectivity index (χ3v) is 3.96. The zero-order chi connectivity index (χ0) is 18.7. The van der Waals surface area contributed by atoms with Crippen LogP contribution in [0.1, 0.15) is 26.7 Å². The third kappa shape index (κ3) is 3.72. The highest BCUT2D eigenvalue weighted by Gasteiger charge is 2.16. The topological polar surface area (TPSA) is 109 Å². The van der Waals surface area contributed by atoms with Crippen LogP contribution in [0.5, 0.6) is 0 Å². The molecule has 3 aromatic rings. The highest BCUT2D eigenvalue weighted by Crippen LogP contribution is 2.10. The van der Waals surface area contributed by atoms with Crippen molar-refractivity contribution in [3.05, 3.63) is 80.4 Å². The molecule has 0 fully saturated rings. The van der Waals surface area contributed by atoms with Gasteiger partial charge in [0.05, 0.1) is 5.69 Å². The first-order valence-corrected chi connectivity index (χ1v) is 8.36. The fraction of sp³-hybridized carbons (Fsp3) is 0.0588. The Bertz CT molecular complexity index is 1030. The van der Waals surface area contributed by atoms with Crippen molar-refractivity contribution in [3.8, 4) is 5.69 Å². The number of rotatable bonds is 3. The zero-order valence-electron chi connectivity index (χ0n) is 13.6. The van der Waals surface area contributed by atoms with Crippen LogP contribution < -0.4 is 16.3 Å². The number of hydrogen-bond acceptors (Lipinski definition) is 4. The summed E-state index contributed by atoms with van der Waals surface area (Å²) < 4.78 is 2.18. The van der Waals surface area contributed by atoms with E-state index in [9.17, 15) is 14.4 Å². The molecule has 0 saturated carbocycles. The molecule has 0 saturated heterocycles. The lowest BCUT2D eigenvalue weighted by Crippen LogP contribution is -2.44. The van der Waals surface area contributed by atoms with Gasteiger partial charge in [0.2, 0.25) is 5.43 Å². The second-order valence-corrected chi connectivity index (χ2v) is 6.30. The first-order valence-electron chi connectivity index (χ1n) is 7.56. The summed E-state index contributed by atoms with van der Waals surface area (Å²) in [4.78, 5) is 39.1. The van der Waals surface area contributed by atoms with Crippen LogP contribution in [0.2, 0.25) is 0 Å². The SMILES string of the molecule is Cc1cc(=O)c(C(=O)NNC(=O)c2cc(Br)c[nH]2)nn1-c1ccccc1. The molecule has 1 aromatic carbocycles. The summed E-state index contributed by atoms with van der Waals surface area (Å²) in [5.74, 6) is -1.36. The molecule has 0 unspecified atom stereocenters. The van der Waals surface area contributed by atoms with Crippen molar-refractivity contribution >= 4 is 27.7 Å². The van der Waals surface area contributed by atoms with Crippen molar-refractivity contribution in [1.82, 2.24) is 25.6 Å². The Morgan fingerprint density at radius 1 is 1.12 bits per heavy atom. The largest absolute Gasteiger partial charge is 0.356 e. The number of aromatic amines is 1. The molecule has 3 rings (SSSR count). The van der Waals surface area contributed by atoms with Gasteiger partial charge in [0.15, 0.2) is 5.69 Å². The summed E-state index contributed by atoms with van der Waals surface area (Å²) in [5.41, 5.74) is 5.10. The van der Waals surface area contributed by atoms with Gasteiger partial charge in [0.1, 0.15) is 5.69 Å². The summed E-state index contributed by atoms with van der Waals surface area (Å²) >= 11 is 3.21. The predicted molar refractivity (Wildman–Crippen MR) is 98.0 cm³/mol. The summed E-state index contributed by atoms with van der Waals surface area (Å²) in [7, 11) is 0. The summed E-state index contributed by atoms with van der Waals surface area (Å²) in [5, 5.41) is 4.12. The number of nitrogens with zero attached hydrogens (tertiary/aromatic N) is 2. The maximum Gasteiger partial charge on any atom is 0.294 e. The van der Waals surface area contributed by atoms with Crippen molar-refractivity contribution in [1.29, 1.82) is 0 Å². The number of para-hydroxylation sites is 1. The summed E-state index contributed by atoms with van der Waals surface area (Å²) in [6, 6.07) is 12.0. The molecule has 26 heavy (non-hydrogen) atoms. The lowest BCUT2D eigenvalue weighted by Gasteiger charge is -2.11. The molecule has 0 aliphatic rings. The van der Waals surface area contributed by atoms with Crippen LogP contribution in [0.15, 0.2) is 57.9 Å². The van der Waals surface area contributed by atoms with Crippen molar-refractivity contribution in [3.63, 3.8) is 0 Å². The Hall–Kier alpha value is -3.20. The van der Waals surface area contributed by atoms with Gasteiger partial charge in [-0.1, -0.05) is 18.2 Å². The molecule has 9 heteroatoms. The van der Waals surface area contributed by atoms with Gasteiger partial charge in [-0.25, -0.2) is 4.68 Å². The number of aromatic nitrogens is 3. The van der Waals surface area contributed by atoms with E-state index in [1.807, 2.05) is 18.2 Å². The Labute approximate surface area is 156 Å². The van der Waals surface area contributed by atoms with E-state index in [0.29, 0.717) is 15.9 Å². The van der Waals surface area contributed by atoms with E-state index in [4.69, 9.17) is 0 Å². The number of halogens is 1. The number of carbonyl (C=O) groups excluding carboxylic acids is 2. The minimum atomic E-state index is -0.807. The molecule has 0 spiro atoms. The second kappa shape index (κ2) is 7.36. The first-order chi connectivity index (χ1) is 12.5. The van der Waals surface area contributed by atoms with Crippen LogP contribution >= 0.6 is 15.9 Å². The summed E-state index contributed by atoms with van der Waals surface area (Å²) in [6.45, 7) is 1.72. The Morgan fingerprint density at radius 2 is 1.81 bits per heavy atom. The maximum absolute atomic E-state index is 12.3. The van der Waals surface area contributed by atoms with E-state index in [1.54, 1.807) is 31.3 Å². The fourth-order valence-electron chi connectivity index (χ4n) is 2.27. The molecule has 0 aliphatic heterocycles. The minimum Gasteiger partial charge on any atom is -0.356 e. The van der Waals surface area contributed by atoms with E-state index in [1.165, 1.54) is 10.7 Å². The average molecular weight is 416 g/mol. The predicted octanol–water partition coefficient (Wildman–Crippen LogP) is 1.71. The number of hydrazine groups is 1. The lowest BCUT2D eigenvalue weighted by atomic mass is 10.3. The van der Waals surface area contributed by atoms with Gasteiger partial charge in [-0.15, -0.1) is 0 Å². The number of H-pyrrole nitrogens is 1. The molecule has 0 atom stereocenters. The lowest BCUT2D eigenvalue weighted by molar-refractivity contribution is 0.0840. The highest BCUT2D eigenvalue weighted by molar-refractivity contribution is 9.10. The van der Waals surface area contributed by atoms with Gasteiger partial charge in [-0.2, -0.15) is 5.10 Å². The van der Waals surface area contributed by atoms with Gasteiger partial charge in [0, 0.05) is 22.4 Å². The van der Waals surface area contributed by atoms with E-state index >= 15 is 0 Å². The molecule has 3 N–H and O–H groups in total. The smallest absolute Gasteiger partial charge is 0.294 e. The standard InChI is InChI=1S/C17H14BrN5O3/c1-10-7-14(24)15(22-23(10)12-5-3-2-4-6-12)17(26)21-20-16(25)13-8-11(18)9-19-13/h2-9,19H,1H3,(H,20,25)(H,21,26). The van der Waals surface area contributed by atoms with E-state index in [-0.39, 0.29) is 11.4 Å². The van der Waals surface area contributed by atoms with Gasteiger partial charge in [-0.3, -0.25) is 25.2 Å². The van der Waals surface area contributed by atoms with Crippen LogP contribution in [0, 0.1) is 6.92 Å². The van der Waals surface area contributed by atoms with Gasteiger partial charge in [0.25, 0.3) is 11.8 Å². The molecule has 2 amide bonds. The monoisotopic (exact) mass is 415 g/mol. The van der Waals surface area contributed by atoms with Crippen LogP contribution in [0.4, 0.5) is 0 Å².